The van der Waals surface area contributed by atoms with E-state index in [0.717, 1.165) is 11.1 Å². The van der Waals surface area contributed by atoms with Crippen molar-refractivity contribution in [3.05, 3.63) is 83.5 Å². The van der Waals surface area contributed by atoms with Crippen molar-refractivity contribution in [2.75, 3.05) is 36.4 Å². The smallest absolute Gasteiger partial charge is 0.272 e. The predicted molar refractivity (Wildman–Crippen MR) is 123 cm³/mol. The molecule has 32 heavy (non-hydrogen) atoms. The molecule has 0 bridgehead atoms. The van der Waals surface area contributed by atoms with Crippen LogP contribution in [0, 0.1) is 5.82 Å². The van der Waals surface area contributed by atoms with Crippen molar-refractivity contribution in [2.24, 2.45) is 0 Å². The molecular weight excluding hydrogens is 431 g/mol. The lowest BCUT2D eigenvalue weighted by molar-refractivity contribution is 0.0741. The van der Waals surface area contributed by atoms with Gasteiger partial charge >= 0.3 is 0 Å². The van der Waals surface area contributed by atoms with Crippen LogP contribution >= 0.6 is 11.6 Å². The van der Waals surface area contributed by atoms with Gasteiger partial charge in [0.15, 0.2) is 0 Å². The summed E-state index contributed by atoms with van der Waals surface area (Å²) in [5, 5.41) is 4.66. The van der Waals surface area contributed by atoms with Crippen molar-refractivity contribution >= 4 is 45.7 Å². The van der Waals surface area contributed by atoms with Gasteiger partial charge in [-0.05, 0) is 42.5 Å². The van der Waals surface area contributed by atoms with Gasteiger partial charge in [-0.15, -0.1) is 0 Å². The summed E-state index contributed by atoms with van der Waals surface area (Å²) in [6.07, 6.45) is 1.57. The van der Waals surface area contributed by atoms with E-state index in [2.05, 4.69) is 10.3 Å². The Morgan fingerprint density at radius 2 is 1.78 bits per heavy atom. The van der Waals surface area contributed by atoms with Crippen LogP contribution in [-0.4, -0.2) is 42.0 Å². The summed E-state index contributed by atoms with van der Waals surface area (Å²) in [6, 6.07) is 17.4. The molecule has 1 aliphatic heterocycles. The van der Waals surface area contributed by atoms with Crippen LogP contribution in [0.4, 0.5) is 21.6 Å². The fourth-order valence-corrected chi connectivity index (χ4v) is 3.99. The van der Waals surface area contributed by atoms with Crippen LogP contribution < -0.4 is 10.2 Å². The number of nitrogens with zero attached hydrogens (tertiary/aromatic N) is 3. The van der Waals surface area contributed by atoms with Crippen molar-refractivity contribution in [1.29, 1.82) is 0 Å². The van der Waals surface area contributed by atoms with Crippen molar-refractivity contribution in [3.63, 3.8) is 0 Å². The van der Waals surface area contributed by atoms with E-state index in [1.54, 1.807) is 41.5 Å². The number of fused-ring (bicyclic) bond motifs is 1. The first-order valence-corrected chi connectivity index (χ1v) is 10.7. The summed E-state index contributed by atoms with van der Waals surface area (Å²) in [4.78, 5) is 21.5. The number of anilines is 3. The van der Waals surface area contributed by atoms with Gasteiger partial charge in [-0.2, -0.15) is 0 Å². The first-order chi connectivity index (χ1) is 15.6. The lowest BCUT2D eigenvalue weighted by atomic mass is 10.2. The number of hydrogen-bond donors (Lipinski definition) is 1. The molecule has 0 aliphatic carbocycles. The van der Waals surface area contributed by atoms with Gasteiger partial charge in [-0.3, -0.25) is 4.79 Å². The number of nitrogens with one attached hydrogen (secondary N) is 1. The number of benzene rings is 2. The number of para-hydroxylation sites is 1. The summed E-state index contributed by atoms with van der Waals surface area (Å²) in [7, 11) is 0. The minimum Gasteiger partial charge on any atom is -0.464 e. The number of carbonyl (C=O) groups excluding carboxylic acids is 1. The molecule has 0 atom stereocenters. The molecule has 4 aromatic rings. The zero-order chi connectivity index (χ0) is 22.1. The topological polar surface area (TPSA) is 61.6 Å². The first kappa shape index (κ1) is 20.3. The highest BCUT2D eigenvalue weighted by molar-refractivity contribution is 6.30. The molecule has 162 valence electrons. The van der Waals surface area contributed by atoms with Gasteiger partial charge in [0, 0.05) is 43.0 Å². The Kier molecular flexibility index (Phi) is 5.41. The summed E-state index contributed by atoms with van der Waals surface area (Å²) < 4.78 is 19.7. The molecule has 1 saturated heterocycles. The van der Waals surface area contributed by atoms with Gasteiger partial charge in [-0.25, -0.2) is 9.37 Å². The molecule has 5 rings (SSSR count). The monoisotopic (exact) mass is 450 g/mol. The molecule has 0 saturated carbocycles. The van der Waals surface area contributed by atoms with Gasteiger partial charge in [0.25, 0.3) is 5.91 Å². The molecule has 2 aromatic heterocycles. The maximum absolute atomic E-state index is 14.1. The Morgan fingerprint density at radius 1 is 1.03 bits per heavy atom. The average molecular weight is 451 g/mol. The Labute approximate surface area is 189 Å². The minimum atomic E-state index is -0.255. The molecule has 1 amide bonds. The van der Waals surface area contributed by atoms with E-state index in [1.807, 2.05) is 29.2 Å². The van der Waals surface area contributed by atoms with Crippen LogP contribution in [0.15, 0.2) is 71.3 Å². The molecule has 8 heteroatoms. The second-order valence-corrected chi connectivity index (χ2v) is 7.99. The molecule has 6 nitrogen and oxygen atoms in total. The summed E-state index contributed by atoms with van der Waals surface area (Å²) >= 11 is 5.97. The van der Waals surface area contributed by atoms with Crippen LogP contribution in [0.5, 0.6) is 0 Å². The Morgan fingerprint density at radius 3 is 2.53 bits per heavy atom. The minimum absolute atomic E-state index is 0.185. The molecule has 0 unspecified atom stereocenters. The molecular formula is C24H20ClFN4O2. The Hall–Kier alpha value is -3.58. The normalized spacial score (nSPS) is 14.1. The SMILES string of the molecule is O=C(c1cc2occc2c(Nc2ccc(Cl)cc2)n1)N1CCN(c2ccccc2F)CC1. The van der Waals surface area contributed by atoms with Crippen LogP contribution in [0.1, 0.15) is 10.5 Å². The lowest BCUT2D eigenvalue weighted by Crippen LogP contribution is -2.49. The van der Waals surface area contributed by atoms with E-state index in [1.165, 1.54) is 6.07 Å². The fraction of sp³-hybridized carbons (Fsp3) is 0.167. The van der Waals surface area contributed by atoms with Crippen molar-refractivity contribution in [2.45, 2.75) is 0 Å². The number of rotatable bonds is 4. The summed E-state index contributed by atoms with van der Waals surface area (Å²) in [5.74, 6) is 0.0951. The molecule has 1 N–H and O–H groups in total. The van der Waals surface area contributed by atoms with E-state index in [0.29, 0.717) is 54.0 Å². The van der Waals surface area contributed by atoms with Crippen molar-refractivity contribution < 1.29 is 13.6 Å². The van der Waals surface area contributed by atoms with Gasteiger partial charge in [-0.1, -0.05) is 23.7 Å². The molecule has 0 spiro atoms. The second kappa shape index (κ2) is 8.51. The highest BCUT2D eigenvalue weighted by Gasteiger charge is 2.25. The van der Waals surface area contributed by atoms with E-state index >= 15 is 0 Å². The zero-order valence-electron chi connectivity index (χ0n) is 17.1. The summed E-state index contributed by atoms with van der Waals surface area (Å²) in [5.41, 5.74) is 2.23. The molecule has 1 aliphatic rings. The van der Waals surface area contributed by atoms with Crippen LogP contribution in [0.2, 0.25) is 5.02 Å². The molecule has 2 aromatic carbocycles. The average Bonchev–Trinajstić information content (AvgIpc) is 3.30. The van der Waals surface area contributed by atoms with Gasteiger partial charge < -0.3 is 19.5 Å². The molecule has 0 radical (unpaired) electrons. The van der Waals surface area contributed by atoms with E-state index in [-0.39, 0.29) is 11.7 Å². The quantitative estimate of drug-likeness (QED) is 0.455. The number of piperazine rings is 1. The van der Waals surface area contributed by atoms with Gasteiger partial charge in [0.2, 0.25) is 0 Å². The number of aromatic nitrogens is 1. The third-order valence-corrected chi connectivity index (χ3v) is 5.79. The maximum atomic E-state index is 14.1. The predicted octanol–water partition coefficient (Wildman–Crippen LogP) is 5.33. The maximum Gasteiger partial charge on any atom is 0.272 e. The van der Waals surface area contributed by atoms with E-state index in [9.17, 15) is 9.18 Å². The standard InChI is InChI=1S/C24H20ClFN4O2/c25-16-5-7-17(8-6-16)27-23-18-9-14-32-22(18)15-20(28-23)24(31)30-12-10-29(11-13-30)21-4-2-1-3-19(21)26/h1-9,14-15H,10-13H2,(H,27,28). The summed E-state index contributed by atoms with van der Waals surface area (Å²) in [6.45, 7) is 2.05. The zero-order valence-corrected chi connectivity index (χ0v) is 17.8. The lowest BCUT2D eigenvalue weighted by Gasteiger charge is -2.36. The van der Waals surface area contributed by atoms with E-state index < -0.39 is 0 Å². The fourth-order valence-electron chi connectivity index (χ4n) is 3.86. The number of amides is 1. The first-order valence-electron chi connectivity index (χ1n) is 10.3. The number of halogens is 2. The Bertz CT molecular complexity index is 1270. The third-order valence-electron chi connectivity index (χ3n) is 5.54. The van der Waals surface area contributed by atoms with E-state index in [4.69, 9.17) is 16.0 Å². The highest BCUT2D eigenvalue weighted by Crippen LogP contribution is 2.28. The van der Waals surface area contributed by atoms with Gasteiger partial charge in [0.1, 0.15) is 22.9 Å². The van der Waals surface area contributed by atoms with Crippen LogP contribution in [0.25, 0.3) is 11.0 Å². The van der Waals surface area contributed by atoms with Gasteiger partial charge in [0.05, 0.1) is 17.3 Å². The van der Waals surface area contributed by atoms with Crippen LogP contribution in [0.3, 0.4) is 0 Å². The number of furan rings is 1. The van der Waals surface area contributed by atoms with Crippen LogP contribution in [-0.2, 0) is 0 Å². The number of pyridine rings is 1. The molecule has 3 heterocycles. The Balaban J connectivity index is 1.36. The van der Waals surface area contributed by atoms with Crippen molar-refractivity contribution in [3.8, 4) is 0 Å². The van der Waals surface area contributed by atoms with Crippen molar-refractivity contribution in [1.82, 2.24) is 9.88 Å². The molecule has 1 fully saturated rings. The number of hydrogen-bond acceptors (Lipinski definition) is 5. The third kappa shape index (κ3) is 3.99. The second-order valence-electron chi connectivity index (χ2n) is 7.55. The highest BCUT2D eigenvalue weighted by atomic mass is 35.5. The largest absolute Gasteiger partial charge is 0.464 e. The number of carbonyl (C=O) groups is 1.